The summed E-state index contributed by atoms with van der Waals surface area (Å²) in [7, 11) is 1.45. The van der Waals surface area contributed by atoms with E-state index in [2.05, 4.69) is 5.32 Å². The Bertz CT molecular complexity index is 230. The molecule has 2 atom stereocenters. The molecular formula is C10H18N2O2. The van der Waals surface area contributed by atoms with Crippen LogP contribution in [0.25, 0.3) is 0 Å². The predicted octanol–water partition coefficient (Wildman–Crippen LogP) is -0.266. The van der Waals surface area contributed by atoms with Gasteiger partial charge in [-0.1, -0.05) is 0 Å². The summed E-state index contributed by atoms with van der Waals surface area (Å²) in [5.74, 6) is 1.13. The maximum absolute atomic E-state index is 11.7. The molecule has 1 heterocycles. The first-order valence-electron chi connectivity index (χ1n) is 5.21. The van der Waals surface area contributed by atoms with Gasteiger partial charge in [-0.25, -0.2) is 0 Å². The summed E-state index contributed by atoms with van der Waals surface area (Å²) in [4.78, 5) is 11.7. The average molecular weight is 198 g/mol. The minimum Gasteiger partial charge on any atom is -0.469 e. The molecule has 4 nitrogen and oxygen atoms in total. The van der Waals surface area contributed by atoms with Gasteiger partial charge >= 0.3 is 5.97 Å². The van der Waals surface area contributed by atoms with Crippen LogP contribution in [-0.2, 0) is 9.53 Å². The minimum atomic E-state index is -0.383. The van der Waals surface area contributed by atoms with Gasteiger partial charge in [0.15, 0.2) is 0 Å². The van der Waals surface area contributed by atoms with Crippen LogP contribution in [0.5, 0.6) is 0 Å². The van der Waals surface area contributed by atoms with E-state index in [9.17, 15) is 4.79 Å². The number of esters is 1. The van der Waals surface area contributed by atoms with Gasteiger partial charge in [-0.3, -0.25) is 4.79 Å². The van der Waals surface area contributed by atoms with Crippen molar-refractivity contribution >= 4 is 5.97 Å². The average Bonchev–Trinajstić information content (AvgIpc) is 2.74. The number of methoxy groups -OCH3 is 1. The fourth-order valence-electron chi connectivity index (χ4n) is 2.99. The predicted molar refractivity (Wildman–Crippen MR) is 52.6 cm³/mol. The molecule has 0 aromatic rings. The zero-order valence-electron chi connectivity index (χ0n) is 8.58. The second-order valence-electron chi connectivity index (χ2n) is 4.56. The summed E-state index contributed by atoms with van der Waals surface area (Å²) in [5, 5.41) is 3.35. The lowest BCUT2D eigenvalue weighted by Gasteiger charge is -2.25. The molecule has 3 N–H and O–H groups in total. The molecule has 80 valence electrons. The van der Waals surface area contributed by atoms with Crippen molar-refractivity contribution in [3.63, 3.8) is 0 Å². The van der Waals surface area contributed by atoms with Crippen molar-refractivity contribution in [2.75, 3.05) is 26.7 Å². The molecule has 4 heteroatoms. The number of hydrogen-bond donors (Lipinski definition) is 2. The molecule has 14 heavy (non-hydrogen) atoms. The van der Waals surface area contributed by atoms with E-state index in [1.807, 2.05) is 0 Å². The Labute approximate surface area is 84.2 Å². The number of nitrogens with two attached hydrogens (primary N) is 1. The van der Waals surface area contributed by atoms with E-state index in [0.29, 0.717) is 18.4 Å². The van der Waals surface area contributed by atoms with Crippen molar-refractivity contribution in [1.82, 2.24) is 5.32 Å². The number of rotatable bonds is 2. The first kappa shape index (κ1) is 9.93. The maximum atomic E-state index is 11.7. The van der Waals surface area contributed by atoms with Gasteiger partial charge in [0.05, 0.1) is 12.5 Å². The van der Waals surface area contributed by atoms with Crippen LogP contribution in [0, 0.1) is 17.3 Å². The molecule has 2 unspecified atom stereocenters. The van der Waals surface area contributed by atoms with E-state index in [1.54, 1.807) is 0 Å². The van der Waals surface area contributed by atoms with Crippen molar-refractivity contribution in [3.05, 3.63) is 0 Å². The molecule has 0 bridgehead atoms. The molecule has 2 rings (SSSR count). The third-order valence-electron chi connectivity index (χ3n) is 3.79. The van der Waals surface area contributed by atoms with Crippen molar-refractivity contribution in [1.29, 1.82) is 0 Å². The van der Waals surface area contributed by atoms with Gasteiger partial charge in [0.1, 0.15) is 0 Å². The van der Waals surface area contributed by atoms with Gasteiger partial charge in [-0.2, -0.15) is 0 Å². The monoisotopic (exact) mass is 198 g/mol. The molecule has 2 fully saturated rings. The van der Waals surface area contributed by atoms with E-state index in [0.717, 1.165) is 25.9 Å². The van der Waals surface area contributed by atoms with Crippen molar-refractivity contribution in [3.8, 4) is 0 Å². The first-order chi connectivity index (χ1) is 6.72. The first-order valence-corrected chi connectivity index (χ1v) is 5.21. The van der Waals surface area contributed by atoms with Crippen LogP contribution in [0.3, 0.4) is 0 Å². The van der Waals surface area contributed by atoms with E-state index in [4.69, 9.17) is 10.5 Å². The summed E-state index contributed by atoms with van der Waals surface area (Å²) < 4.78 is 4.85. The Kier molecular flexibility index (Phi) is 2.49. The molecule has 0 amide bonds. The Morgan fingerprint density at radius 3 is 2.50 bits per heavy atom. The summed E-state index contributed by atoms with van der Waals surface area (Å²) in [6, 6.07) is 0. The van der Waals surface area contributed by atoms with E-state index < -0.39 is 0 Å². The molecular weight excluding hydrogens is 180 g/mol. The number of nitrogens with one attached hydrogen (secondary N) is 1. The molecule has 1 aliphatic heterocycles. The summed E-state index contributed by atoms with van der Waals surface area (Å²) >= 11 is 0. The number of ether oxygens (including phenoxy) is 1. The highest BCUT2D eigenvalue weighted by Crippen LogP contribution is 2.47. The molecule has 1 saturated heterocycles. The topological polar surface area (TPSA) is 64.3 Å². The smallest absolute Gasteiger partial charge is 0.313 e. The Balaban J connectivity index is 2.12. The van der Waals surface area contributed by atoms with Gasteiger partial charge in [0.25, 0.3) is 0 Å². The maximum Gasteiger partial charge on any atom is 0.313 e. The lowest BCUT2D eigenvalue weighted by atomic mass is 9.85. The molecule has 1 saturated carbocycles. The van der Waals surface area contributed by atoms with Crippen molar-refractivity contribution in [2.45, 2.75) is 12.8 Å². The number of carbonyl (C=O) groups excluding carboxylic acids is 1. The summed E-state index contributed by atoms with van der Waals surface area (Å²) in [6.45, 7) is 2.49. The second-order valence-corrected chi connectivity index (χ2v) is 4.56. The Hall–Kier alpha value is -0.610. The van der Waals surface area contributed by atoms with Crippen LogP contribution < -0.4 is 11.1 Å². The minimum absolute atomic E-state index is 0.116. The van der Waals surface area contributed by atoms with Crippen LogP contribution in [0.1, 0.15) is 12.8 Å². The highest BCUT2D eigenvalue weighted by molar-refractivity contribution is 5.77. The quantitative estimate of drug-likeness (QED) is 0.600. The SMILES string of the molecule is COC(=O)C1(CN)CC2CNCC2C1. The Morgan fingerprint density at radius 2 is 2.07 bits per heavy atom. The van der Waals surface area contributed by atoms with Crippen LogP contribution >= 0.6 is 0 Å². The van der Waals surface area contributed by atoms with Gasteiger partial charge in [0.2, 0.25) is 0 Å². The zero-order chi connectivity index (χ0) is 10.2. The Morgan fingerprint density at radius 1 is 1.50 bits per heavy atom. The third-order valence-corrected chi connectivity index (χ3v) is 3.79. The number of hydrogen-bond acceptors (Lipinski definition) is 4. The van der Waals surface area contributed by atoms with Crippen LogP contribution in [0.15, 0.2) is 0 Å². The molecule has 0 aromatic carbocycles. The van der Waals surface area contributed by atoms with E-state index in [1.165, 1.54) is 7.11 Å². The lowest BCUT2D eigenvalue weighted by molar-refractivity contribution is -0.152. The fraction of sp³-hybridized carbons (Fsp3) is 0.900. The van der Waals surface area contributed by atoms with E-state index in [-0.39, 0.29) is 11.4 Å². The lowest BCUT2D eigenvalue weighted by Crippen LogP contribution is -2.38. The van der Waals surface area contributed by atoms with Crippen LogP contribution in [-0.4, -0.2) is 32.7 Å². The highest BCUT2D eigenvalue weighted by atomic mass is 16.5. The standard InChI is InChI=1S/C10H18N2O2/c1-14-9(13)10(6-11)2-7-4-12-5-8(7)3-10/h7-8,12H,2-6,11H2,1H3. The fourth-order valence-corrected chi connectivity index (χ4v) is 2.99. The van der Waals surface area contributed by atoms with Crippen LogP contribution in [0.2, 0.25) is 0 Å². The zero-order valence-corrected chi connectivity index (χ0v) is 8.58. The van der Waals surface area contributed by atoms with Gasteiger partial charge in [-0.05, 0) is 37.8 Å². The second kappa shape index (κ2) is 3.51. The number of fused-ring (bicyclic) bond motifs is 1. The normalized spacial score (nSPS) is 41.0. The van der Waals surface area contributed by atoms with Crippen LogP contribution in [0.4, 0.5) is 0 Å². The molecule has 2 aliphatic rings. The molecule has 0 radical (unpaired) electrons. The van der Waals surface area contributed by atoms with Gasteiger partial charge < -0.3 is 15.8 Å². The largest absolute Gasteiger partial charge is 0.469 e. The van der Waals surface area contributed by atoms with E-state index >= 15 is 0 Å². The summed E-state index contributed by atoms with van der Waals surface area (Å²) in [5.41, 5.74) is 5.34. The van der Waals surface area contributed by atoms with Gasteiger partial charge in [0, 0.05) is 6.54 Å². The third kappa shape index (κ3) is 1.33. The molecule has 0 aromatic heterocycles. The molecule has 0 spiro atoms. The molecule has 1 aliphatic carbocycles. The highest BCUT2D eigenvalue weighted by Gasteiger charge is 2.51. The summed E-state index contributed by atoms with van der Waals surface area (Å²) in [6.07, 6.45) is 1.79. The van der Waals surface area contributed by atoms with Crippen molar-refractivity contribution in [2.24, 2.45) is 23.0 Å². The van der Waals surface area contributed by atoms with Crippen molar-refractivity contribution < 1.29 is 9.53 Å². The number of carbonyl (C=O) groups is 1. The van der Waals surface area contributed by atoms with Gasteiger partial charge in [-0.15, -0.1) is 0 Å².